The number of hydrogen-bond acceptors (Lipinski definition) is 19. The molecule has 39 heteroatoms. The standard InChI is InChI=1S/C84H126N24O15/c1-9-107(10-2)51-31-33-55-65(45-51)123-66-46-52(108(11-3)12-4)32-34-56(66)70(55)53-25-16-17-26-54(53)72(112)99-60(35-37-67(86)109)76(116)100-59(29-21-41-95-83(90)91)75(115)104-63(43-48(5)6)78(118)105-64(44-50-23-14-13-15-24-50)79(119)101-61(36-38-68(87)110)77(117)106-71(49(7)8)80(120)102-57(27-18-19-39-85)73(113)97-47-69(111)98-58(28-20-40-94-82(88)89)74(114)103-62(81(121)122)30-22-42-96-84(92)93/h13-17,23-26,31-34,45-46,48-49,57-64,71H,9-12,18-22,27-30,35-44,47,85H2,1-8H3,(H26-,86,87,88,89,90,91,92,93,94,95,96,97,98,99,100,101,102,103,104,105,106,109,110,111,112,113,114,115,116,117,118,119,120,121,122). The van der Waals surface area contributed by atoms with E-state index in [2.05, 4.69) is 106 Å². The lowest BCUT2D eigenvalue weighted by molar-refractivity contribution is -0.142. The van der Waals surface area contributed by atoms with Crippen LogP contribution in [0, 0.1) is 28.1 Å². The smallest absolute Gasteiger partial charge is 0.326 e. The molecule has 5 rings (SSSR count). The van der Waals surface area contributed by atoms with Crippen molar-refractivity contribution >= 4 is 111 Å². The molecule has 1 heterocycles. The number of nitrogens with two attached hydrogens (primary N) is 5. The van der Waals surface area contributed by atoms with Crippen LogP contribution < -0.4 is 113 Å². The Hall–Kier alpha value is -13.0. The van der Waals surface area contributed by atoms with E-state index in [4.69, 9.17) is 55.0 Å². The van der Waals surface area contributed by atoms with Crippen LogP contribution >= 0.6 is 0 Å². The number of carboxylic acid groups (broad SMARTS) is 1. The van der Waals surface area contributed by atoms with E-state index in [0.29, 0.717) is 45.4 Å². The van der Waals surface area contributed by atoms with Gasteiger partial charge in [0.05, 0.1) is 12.6 Å². The number of rotatable bonds is 54. The van der Waals surface area contributed by atoms with Crippen LogP contribution in [0.3, 0.4) is 0 Å². The topological polar surface area (TPSA) is 643 Å². The maximum atomic E-state index is 15.1. The van der Waals surface area contributed by atoms with Gasteiger partial charge < -0.3 is 123 Å². The summed E-state index contributed by atoms with van der Waals surface area (Å²) >= 11 is 0. The lowest BCUT2D eigenvalue weighted by atomic mass is 9.90. The number of carbonyl (C=O) groups excluding carboxylic acids is 12. The molecule has 0 aromatic heterocycles. The van der Waals surface area contributed by atoms with Crippen LogP contribution in [0.5, 0.6) is 0 Å². The van der Waals surface area contributed by atoms with Crippen molar-refractivity contribution in [2.75, 3.05) is 63.8 Å². The first-order valence-corrected chi connectivity index (χ1v) is 41.7. The monoisotopic (exact) mass is 1710 g/mol. The van der Waals surface area contributed by atoms with Gasteiger partial charge in [0.25, 0.3) is 5.91 Å². The van der Waals surface area contributed by atoms with Crippen LogP contribution in [0.25, 0.3) is 39.2 Å². The van der Waals surface area contributed by atoms with Crippen LogP contribution in [-0.4, -0.2) is 213 Å². The molecule has 9 atom stereocenters. The van der Waals surface area contributed by atoms with E-state index in [1.165, 1.54) is 0 Å². The first-order chi connectivity index (χ1) is 58.5. The van der Waals surface area contributed by atoms with Crippen molar-refractivity contribution in [1.82, 2.24) is 73.7 Å². The number of amides is 12. The maximum Gasteiger partial charge on any atom is 0.326 e. The van der Waals surface area contributed by atoms with E-state index in [0.717, 1.165) is 37.2 Å². The fraction of sp³-hybridized carbons (Fsp3) is 0.512. The summed E-state index contributed by atoms with van der Waals surface area (Å²) in [6, 6.07) is 13.7. The Morgan fingerprint density at radius 3 is 1.53 bits per heavy atom. The first kappa shape index (κ1) is 101. The van der Waals surface area contributed by atoms with E-state index in [9.17, 15) is 53.1 Å². The molecule has 2 aliphatic rings. The molecule has 672 valence electrons. The van der Waals surface area contributed by atoms with Crippen LogP contribution in [0.4, 0.5) is 5.69 Å². The van der Waals surface area contributed by atoms with Crippen LogP contribution in [0.2, 0.25) is 0 Å². The number of carbonyl (C=O) groups is 13. The largest absolute Gasteiger partial charge is 0.480 e. The van der Waals surface area contributed by atoms with E-state index >= 15 is 14.4 Å². The predicted molar refractivity (Wildman–Crippen MR) is 467 cm³/mol. The third kappa shape index (κ3) is 33.5. The molecule has 0 fully saturated rings. The van der Waals surface area contributed by atoms with E-state index in [1.54, 1.807) is 82.3 Å². The van der Waals surface area contributed by atoms with Gasteiger partial charge in [0, 0.05) is 85.3 Å². The van der Waals surface area contributed by atoms with Crippen molar-refractivity contribution in [2.45, 2.75) is 206 Å². The molecule has 3 aromatic rings. The number of nitrogens with zero attached hydrogens (tertiary/aromatic N) is 2. The summed E-state index contributed by atoms with van der Waals surface area (Å²) in [6.45, 7) is 17.4. The SMILES string of the molecule is CCN(CC)c1ccc2c(-c3ccccc3C(=O)NC(CCC(N)=O)C(=O)NC(CCCNC(=N)N)C(=O)NC(CC(C)C)C(=O)NC(Cc3ccccc3)C(=O)NC(CCC(N)=O)C(=O)NC(C(=O)NC(CCCCN)C(=O)NCC(=O)NC(CCCNC(=N)N)C(=O)NC(CCCNC(=N)[NH-])C(=O)O)C(C)C)c3ccc(=[N+](CC)CC)cc-3oc2c1. The van der Waals surface area contributed by atoms with Gasteiger partial charge in [0.1, 0.15) is 78.8 Å². The highest BCUT2D eigenvalue weighted by molar-refractivity contribution is 6.10. The minimum atomic E-state index is -1.64. The number of carboxylic acids is 1. The molecule has 123 heavy (non-hydrogen) atoms. The molecule has 3 aromatic carbocycles. The molecular weight excluding hydrogens is 1590 g/mol. The molecule has 0 radical (unpaired) electrons. The van der Waals surface area contributed by atoms with Crippen molar-refractivity contribution in [3.8, 4) is 22.5 Å². The van der Waals surface area contributed by atoms with E-state index in [1.807, 2.05) is 36.4 Å². The normalized spacial score (nSPS) is 13.3. The first-order valence-electron chi connectivity index (χ1n) is 41.7. The average Bonchev–Trinajstić information content (AvgIpc) is 0.743. The molecule has 0 bridgehead atoms. The number of benzene rings is 4. The minimum Gasteiger partial charge on any atom is -0.480 e. The number of fused-ring (bicyclic) bond motifs is 2. The third-order valence-corrected chi connectivity index (χ3v) is 20.3. The highest BCUT2D eigenvalue weighted by Crippen LogP contribution is 2.42. The number of primary amides is 2. The zero-order valence-electron chi connectivity index (χ0n) is 71.4. The van der Waals surface area contributed by atoms with Crippen LogP contribution in [0.1, 0.15) is 161 Å². The second-order valence-electron chi connectivity index (χ2n) is 30.6. The highest BCUT2D eigenvalue weighted by Gasteiger charge is 2.37. The van der Waals surface area contributed by atoms with Crippen LogP contribution in [-0.2, 0) is 64.0 Å². The molecule has 0 spiro atoms. The van der Waals surface area contributed by atoms with Crippen molar-refractivity contribution in [2.24, 2.45) is 40.5 Å². The Morgan fingerprint density at radius 2 is 0.984 bits per heavy atom. The Morgan fingerprint density at radius 1 is 0.496 bits per heavy atom. The number of guanidine groups is 3. The zero-order valence-corrected chi connectivity index (χ0v) is 71.4. The third-order valence-electron chi connectivity index (χ3n) is 20.3. The van der Waals surface area contributed by atoms with Crippen molar-refractivity contribution in [3.05, 3.63) is 113 Å². The number of unbranched alkanes of at least 4 members (excludes halogenated alkanes) is 1. The number of anilines is 1. The van der Waals surface area contributed by atoms with Gasteiger partial charge in [0.2, 0.25) is 70.3 Å². The van der Waals surface area contributed by atoms with Gasteiger partial charge in [-0.25, -0.2) is 9.37 Å². The van der Waals surface area contributed by atoms with Gasteiger partial charge in [-0.15, -0.1) is 0 Å². The highest BCUT2D eigenvalue weighted by atomic mass is 16.4. The quantitative estimate of drug-likeness (QED) is 0.00830. The summed E-state index contributed by atoms with van der Waals surface area (Å²) < 4.78 is 8.91. The zero-order chi connectivity index (χ0) is 91.0. The van der Waals surface area contributed by atoms with Gasteiger partial charge in [-0.2, -0.15) is 0 Å². The van der Waals surface area contributed by atoms with Crippen LogP contribution in [0.15, 0.2) is 95.4 Å². The van der Waals surface area contributed by atoms with E-state index < -0.39 is 169 Å². The second-order valence-corrected chi connectivity index (χ2v) is 30.6. The Labute approximate surface area is 716 Å². The summed E-state index contributed by atoms with van der Waals surface area (Å²) in [5.41, 5.74) is 39.3. The minimum absolute atomic E-state index is 0.0388. The van der Waals surface area contributed by atoms with Crippen molar-refractivity contribution < 1.29 is 71.9 Å². The molecule has 12 amide bonds. The second kappa shape index (κ2) is 51.6. The van der Waals surface area contributed by atoms with Gasteiger partial charge in [-0.3, -0.25) is 68.4 Å². The Balaban J connectivity index is 1.42. The van der Waals surface area contributed by atoms with Gasteiger partial charge in [0.15, 0.2) is 11.9 Å². The van der Waals surface area contributed by atoms with Gasteiger partial charge in [-0.1, -0.05) is 76.2 Å². The maximum absolute atomic E-state index is 15.1. The summed E-state index contributed by atoms with van der Waals surface area (Å²) in [5, 5.41) is 68.0. The van der Waals surface area contributed by atoms with Crippen molar-refractivity contribution in [3.63, 3.8) is 0 Å². The molecule has 39 nitrogen and oxygen atoms in total. The summed E-state index contributed by atoms with van der Waals surface area (Å²) in [7, 11) is 0. The fourth-order valence-electron chi connectivity index (χ4n) is 13.8. The summed E-state index contributed by atoms with van der Waals surface area (Å²) in [4.78, 5) is 185. The number of nitrogens with one attached hydrogen (secondary N) is 17. The molecule has 0 saturated heterocycles. The lowest BCUT2D eigenvalue weighted by Gasteiger charge is -2.29. The van der Waals surface area contributed by atoms with Gasteiger partial charge >= 0.3 is 5.97 Å². The Bertz CT molecular complexity index is 4510. The summed E-state index contributed by atoms with van der Waals surface area (Å²) in [5.74, 6) is -14.0. The molecule has 1 aliphatic heterocycles. The van der Waals surface area contributed by atoms with Gasteiger partial charge in [-0.05, 0) is 171 Å². The molecule has 0 saturated carbocycles. The molecule has 9 unspecified atom stereocenters. The molecule has 28 N–H and O–H groups in total. The summed E-state index contributed by atoms with van der Waals surface area (Å²) in [6.07, 6.45) is -1.29. The average molecular weight is 1710 g/mol. The number of aliphatic carboxylic acids is 1. The fourth-order valence-corrected chi connectivity index (χ4v) is 13.8. The lowest BCUT2D eigenvalue weighted by Crippen LogP contribution is -2.61. The molecule has 1 aliphatic carbocycles. The Kier molecular flexibility index (Phi) is 42.2. The molecular formula is C84H126N24O15. The van der Waals surface area contributed by atoms with Crippen molar-refractivity contribution in [1.29, 1.82) is 16.2 Å². The van der Waals surface area contributed by atoms with E-state index in [-0.39, 0.29) is 120 Å². The predicted octanol–water partition coefficient (Wildman–Crippen LogP) is 0.529. The number of hydrogen-bond donors (Lipinski definition) is 22.